The van der Waals surface area contributed by atoms with Crippen LogP contribution in [-0.4, -0.2) is 56.4 Å². The molecule has 0 atom stereocenters. The molecule has 10 heteroatoms. The summed E-state index contributed by atoms with van der Waals surface area (Å²) >= 11 is 2.17. The van der Waals surface area contributed by atoms with Crippen molar-refractivity contribution in [3.05, 3.63) is 45.0 Å². The minimum Gasteiger partial charge on any atom is -0.493 e. The number of carbonyl (C=O) groups is 3. The highest BCUT2D eigenvalue weighted by molar-refractivity contribution is 8.18. The van der Waals surface area contributed by atoms with Crippen LogP contribution in [0.1, 0.15) is 15.2 Å². The van der Waals surface area contributed by atoms with Crippen molar-refractivity contribution in [2.24, 2.45) is 0 Å². The van der Waals surface area contributed by atoms with Crippen LogP contribution in [0.25, 0.3) is 6.08 Å². The van der Waals surface area contributed by atoms with E-state index in [1.54, 1.807) is 35.7 Å². The lowest BCUT2D eigenvalue weighted by Gasteiger charge is -2.13. The summed E-state index contributed by atoms with van der Waals surface area (Å²) in [5, 5.41) is 4.13. The predicted molar refractivity (Wildman–Crippen MR) is 115 cm³/mol. The van der Waals surface area contributed by atoms with Crippen LogP contribution in [-0.2, 0) is 4.79 Å². The average molecular weight is 449 g/mol. The highest BCUT2D eigenvalue weighted by atomic mass is 32.2. The third-order valence-electron chi connectivity index (χ3n) is 4.22. The Labute approximate surface area is 181 Å². The fourth-order valence-corrected chi connectivity index (χ4v) is 4.31. The molecule has 0 radical (unpaired) electrons. The van der Waals surface area contributed by atoms with Crippen LogP contribution < -0.4 is 19.5 Å². The lowest BCUT2D eigenvalue weighted by atomic mass is 10.1. The van der Waals surface area contributed by atoms with Gasteiger partial charge in [-0.2, -0.15) is 0 Å². The Kier molecular flexibility index (Phi) is 7.01. The van der Waals surface area contributed by atoms with Gasteiger partial charge < -0.3 is 19.5 Å². The summed E-state index contributed by atoms with van der Waals surface area (Å²) in [6, 6.07) is 6.87. The first kappa shape index (κ1) is 21.7. The first-order valence-corrected chi connectivity index (χ1v) is 10.5. The normalized spacial score (nSPS) is 14.9. The van der Waals surface area contributed by atoms with Crippen LogP contribution in [0, 0.1) is 0 Å². The minimum absolute atomic E-state index is 0.0916. The van der Waals surface area contributed by atoms with Gasteiger partial charge in [0.2, 0.25) is 5.75 Å². The lowest BCUT2D eigenvalue weighted by Crippen LogP contribution is -2.37. The third-order valence-corrected chi connectivity index (χ3v) is 6.00. The minimum atomic E-state index is -0.413. The molecule has 2 heterocycles. The maximum Gasteiger partial charge on any atom is 0.293 e. The topological polar surface area (TPSA) is 94.2 Å². The molecule has 1 aliphatic heterocycles. The van der Waals surface area contributed by atoms with Crippen LogP contribution in [0.2, 0.25) is 0 Å². The highest BCUT2D eigenvalue weighted by Crippen LogP contribution is 2.40. The van der Waals surface area contributed by atoms with E-state index in [2.05, 4.69) is 5.32 Å². The van der Waals surface area contributed by atoms with Crippen LogP contribution in [0.4, 0.5) is 4.79 Å². The summed E-state index contributed by atoms with van der Waals surface area (Å²) in [7, 11) is 4.50. The fraction of sp³-hybridized carbons (Fsp3) is 0.250. The van der Waals surface area contributed by atoms with Crippen molar-refractivity contribution in [3.8, 4) is 17.2 Å². The Morgan fingerprint density at radius 3 is 2.40 bits per heavy atom. The van der Waals surface area contributed by atoms with Gasteiger partial charge in [0.25, 0.3) is 17.1 Å². The van der Waals surface area contributed by atoms with Gasteiger partial charge in [0.1, 0.15) is 0 Å². The number of benzene rings is 1. The maximum atomic E-state index is 12.7. The highest BCUT2D eigenvalue weighted by Gasteiger charge is 2.34. The molecule has 0 bridgehead atoms. The first-order chi connectivity index (χ1) is 14.5. The number of rotatable bonds is 8. The van der Waals surface area contributed by atoms with Crippen molar-refractivity contribution in [1.82, 2.24) is 10.2 Å². The fourth-order valence-electron chi connectivity index (χ4n) is 2.80. The van der Waals surface area contributed by atoms with Gasteiger partial charge in [-0.25, -0.2) is 0 Å². The van der Waals surface area contributed by atoms with Gasteiger partial charge in [0, 0.05) is 13.1 Å². The number of nitrogens with one attached hydrogen (secondary N) is 1. The molecule has 1 N–H and O–H groups in total. The Bertz CT molecular complexity index is 962. The third kappa shape index (κ3) is 4.60. The van der Waals surface area contributed by atoms with Gasteiger partial charge >= 0.3 is 0 Å². The molecular weight excluding hydrogens is 428 g/mol. The Balaban J connectivity index is 1.71. The standard InChI is InChI=1S/C20H20N2O6S2/c1-26-13-9-12(10-14(27-2)17(13)28-3)11-16-19(24)22(20(25)30-16)7-6-21-18(23)15-5-4-8-29-15/h4-5,8-11H,6-7H2,1-3H3,(H,21,23). The zero-order valence-electron chi connectivity index (χ0n) is 16.6. The van der Waals surface area contributed by atoms with E-state index in [0.717, 1.165) is 16.7 Å². The summed E-state index contributed by atoms with van der Waals surface area (Å²) in [5.41, 5.74) is 0.626. The van der Waals surface area contributed by atoms with E-state index < -0.39 is 5.91 Å². The van der Waals surface area contributed by atoms with E-state index in [1.807, 2.05) is 0 Å². The van der Waals surface area contributed by atoms with Crippen molar-refractivity contribution in [3.63, 3.8) is 0 Å². The van der Waals surface area contributed by atoms with E-state index in [9.17, 15) is 14.4 Å². The molecule has 2 aromatic rings. The second-order valence-corrected chi connectivity index (χ2v) is 7.97. The molecule has 30 heavy (non-hydrogen) atoms. The van der Waals surface area contributed by atoms with Crippen molar-refractivity contribution >= 4 is 46.2 Å². The smallest absolute Gasteiger partial charge is 0.293 e. The number of imide groups is 1. The monoisotopic (exact) mass is 448 g/mol. The number of hydrogen-bond donors (Lipinski definition) is 1. The number of amides is 3. The second-order valence-electron chi connectivity index (χ2n) is 6.03. The summed E-state index contributed by atoms with van der Waals surface area (Å²) in [4.78, 5) is 38.9. The van der Waals surface area contributed by atoms with E-state index in [0.29, 0.717) is 27.7 Å². The molecule has 1 aromatic heterocycles. The maximum absolute atomic E-state index is 12.7. The number of thioether (sulfide) groups is 1. The zero-order valence-corrected chi connectivity index (χ0v) is 18.2. The molecular formula is C20H20N2O6S2. The molecule has 0 spiro atoms. The quantitative estimate of drug-likeness (QED) is 0.620. The molecule has 3 amide bonds. The first-order valence-electron chi connectivity index (χ1n) is 8.85. The Hall–Kier alpha value is -2.98. The van der Waals surface area contributed by atoms with Gasteiger partial charge in [0.15, 0.2) is 11.5 Å². The number of thiophene rings is 1. The Morgan fingerprint density at radius 1 is 1.13 bits per heavy atom. The number of methoxy groups -OCH3 is 3. The predicted octanol–water partition coefficient (Wildman–Crippen LogP) is 3.24. The molecule has 1 aromatic carbocycles. The molecule has 0 unspecified atom stereocenters. The van der Waals surface area contributed by atoms with Gasteiger partial charge in [-0.1, -0.05) is 6.07 Å². The van der Waals surface area contributed by atoms with Crippen molar-refractivity contribution in [2.75, 3.05) is 34.4 Å². The summed E-state index contributed by atoms with van der Waals surface area (Å²) in [6.07, 6.45) is 1.60. The molecule has 0 aliphatic carbocycles. The van der Waals surface area contributed by atoms with Crippen molar-refractivity contribution in [1.29, 1.82) is 0 Å². The van der Waals surface area contributed by atoms with E-state index in [1.165, 1.54) is 32.7 Å². The van der Waals surface area contributed by atoms with E-state index >= 15 is 0 Å². The summed E-state index contributed by atoms with van der Waals surface area (Å²) < 4.78 is 15.9. The molecule has 1 saturated heterocycles. The van der Waals surface area contributed by atoms with E-state index in [-0.39, 0.29) is 29.1 Å². The number of hydrogen-bond acceptors (Lipinski definition) is 8. The zero-order chi connectivity index (χ0) is 21.7. The largest absolute Gasteiger partial charge is 0.493 e. The van der Waals surface area contributed by atoms with Crippen LogP contribution in [0.15, 0.2) is 34.6 Å². The van der Waals surface area contributed by atoms with Crippen molar-refractivity contribution < 1.29 is 28.6 Å². The second kappa shape index (κ2) is 9.68. The van der Waals surface area contributed by atoms with Crippen LogP contribution >= 0.6 is 23.1 Å². The Morgan fingerprint density at radius 2 is 1.83 bits per heavy atom. The van der Waals surface area contributed by atoms with Crippen LogP contribution in [0.3, 0.4) is 0 Å². The number of ether oxygens (including phenoxy) is 3. The lowest BCUT2D eigenvalue weighted by molar-refractivity contribution is -0.122. The SMILES string of the molecule is COc1cc(C=C2SC(=O)N(CCNC(=O)c3cccs3)C2=O)cc(OC)c1OC. The molecule has 3 rings (SSSR count). The van der Waals surface area contributed by atoms with Crippen LogP contribution in [0.5, 0.6) is 17.2 Å². The molecule has 0 saturated carbocycles. The average Bonchev–Trinajstić information content (AvgIpc) is 3.37. The molecule has 1 fully saturated rings. The van der Waals surface area contributed by atoms with Gasteiger partial charge in [-0.3, -0.25) is 19.3 Å². The molecule has 8 nitrogen and oxygen atoms in total. The summed E-state index contributed by atoms with van der Waals surface area (Å²) in [6.45, 7) is 0.264. The molecule has 158 valence electrons. The van der Waals surface area contributed by atoms with Gasteiger partial charge in [0.05, 0.1) is 31.1 Å². The number of carbonyl (C=O) groups excluding carboxylic acids is 3. The summed E-state index contributed by atoms with van der Waals surface area (Å²) in [5.74, 6) is 0.679. The number of nitrogens with zero attached hydrogens (tertiary/aromatic N) is 1. The molecule has 1 aliphatic rings. The van der Waals surface area contributed by atoms with Gasteiger partial charge in [-0.05, 0) is 47.0 Å². The van der Waals surface area contributed by atoms with E-state index in [4.69, 9.17) is 14.2 Å². The van der Waals surface area contributed by atoms with Crippen molar-refractivity contribution in [2.45, 2.75) is 0 Å². The van der Waals surface area contributed by atoms with Gasteiger partial charge in [-0.15, -0.1) is 11.3 Å².